The molecule has 23 heavy (non-hydrogen) atoms. The van der Waals surface area contributed by atoms with Gasteiger partial charge in [-0.05, 0) is 55.2 Å². The zero-order valence-corrected chi connectivity index (χ0v) is 15.2. The predicted molar refractivity (Wildman–Crippen MR) is 96.1 cm³/mol. The van der Waals surface area contributed by atoms with E-state index in [2.05, 4.69) is 6.07 Å². The molecule has 2 rings (SSSR count). The minimum absolute atomic E-state index is 0.160. The Balaban J connectivity index is 2.41. The molecule has 4 nitrogen and oxygen atoms in total. The quantitative estimate of drug-likeness (QED) is 0.792. The molecule has 0 aromatic heterocycles. The monoisotopic (exact) mass is 335 g/mol. The molecule has 1 aliphatic rings. The lowest BCUT2D eigenvalue weighted by Crippen LogP contribution is -2.29. The van der Waals surface area contributed by atoms with E-state index in [1.807, 2.05) is 30.3 Å². The molecule has 0 spiro atoms. The maximum absolute atomic E-state index is 12.3. The Morgan fingerprint density at radius 1 is 1.17 bits per heavy atom. The summed E-state index contributed by atoms with van der Waals surface area (Å²) in [4.78, 5) is 14.1. The number of carbonyl (C=O) groups is 1. The fraction of sp³-hybridized carbons (Fsp3) is 0.500. The summed E-state index contributed by atoms with van der Waals surface area (Å²) in [5, 5.41) is 0. The van der Waals surface area contributed by atoms with Crippen LogP contribution in [0.2, 0.25) is 0 Å². The van der Waals surface area contributed by atoms with Gasteiger partial charge in [0.05, 0.1) is 20.0 Å². The number of carbonyl (C=O) groups excluding carboxylic acids is 1. The van der Waals surface area contributed by atoms with Gasteiger partial charge >= 0.3 is 0 Å². The number of amides is 1. The van der Waals surface area contributed by atoms with Crippen molar-refractivity contribution in [2.75, 3.05) is 33.3 Å². The minimum atomic E-state index is 0.160. The van der Waals surface area contributed by atoms with Crippen molar-refractivity contribution in [2.24, 2.45) is 0 Å². The van der Waals surface area contributed by atoms with E-state index in [1.54, 1.807) is 26.0 Å². The van der Waals surface area contributed by atoms with E-state index in [1.165, 1.54) is 5.57 Å². The van der Waals surface area contributed by atoms with Crippen molar-refractivity contribution in [3.8, 4) is 11.5 Å². The largest absolute Gasteiger partial charge is 0.493 e. The van der Waals surface area contributed by atoms with E-state index in [4.69, 9.17) is 9.47 Å². The summed E-state index contributed by atoms with van der Waals surface area (Å²) in [7, 11) is 5.17. The number of hydrogen-bond donors (Lipinski definition) is 0. The second-order valence-corrected chi connectivity index (χ2v) is 6.45. The zero-order chi connectivity index (χ0) is 16.8. The molecule has 0 atom stereocenters. The Morgan fingerprint density at radius 2 is 1.87 bits per heavy atom. The van der Waals surface area contributed by atoms with Crippen LogP contribution >= 0.6 is 11.8 Å². The third-order valence-corrected chi connectivity index (χ3v) is 4.75. The van der Waals surface area contributed by atoms with Gasteiger partial charge in [-0.3, -0.25) is 4.79 Å². The number of allylic oxidation sites excluding steroid dienone is 2. The molecule has 1 amide bonds. The summed E-state index contributed by atoms with van der Waals surface area (Å²) in [5.74, 6) is 2.12. The number of thioether (sulfide) groups is 1. The normalized spacial score (nSPS) is 14.6. The molecular weight excluding hydrogens is 310 g/mol. The summed E-state index contributed by atoms with van der Waals surface area (Å²) < 4.78 is 10.7. The number of benzene rings is 1. The van der Waals surface area contributed by atoms with Crippen LogP contribution in [-0.2, 0) is 4.79 Å². The minimum Gasteiger partial charge on any atom is -0.493 e. The van der Waals surface area contributed by atoms with Gasteiger partial charge in [-0.15, -0.1) is 0 Å². The first kappa shape index (κ1) is 17.7. The lowest BCUT2D eigenvalue weighted by atomic mass is 9.90. The topological polar surface area (TPSA) is 38.8 Å². The first-order chi connectivity index (χ1) is 11.1. The van der Waals surface area contributed by atoms with E-state index >= 15 is 0 Å². The predicted octanol–water partition coefficient (Wildman–Crippen LogP) is 3.81. The summed E-state index contributed by atoms with van der Waals surface area (Å²) in [6.45, 7) is 0. The van der Waals surface area contributed by atoms with Gasteiger partial charge in [-0.25, -0.2) is 0 Å². The second-order valence-electron chi connectivity index (χ2n) is 5.59. The molecule has 0 radical (unpaired) electrons. The number of hydrogen-bond acceptors (Lipinski definition) is 4. The van der Waals surface area contributed by atoms with E-state index in [0.717, 1.165) is 48.4 Å². The summed E-state index contributed by atoms with van der Waals surface area (Å²) in [6.07, 6.45) is 6.17. The molecule has 0 saturated carbocycles. The fourth-order valence-electron chi connectivity index (χ4n) is 2.97. The molecular formula is C18H25NO3S. The number of ether oxygens (including phenoxy) is 2. The second kappa shape index (κ2) is 8.29. The first-order valence-corrected chi connectivity index (χ1v) is 9.21. The Hall–Kier alpha value is -1.62. The Labute approximate surface area is 142 Å². The van der Waals surface area contributed by atoms with E-state index in [9.17, 15) is 4.79 Å². The van der Waals surface area contributed by atoms with Crippen LogP contribution in [0.5, 0.6) is 11.5 Å². The van der Waals surface area contributed by atoms with Crippen molar-refractivity contribution in [3.05, 3.63) is 29.5 Å². The van der Waals surface area contributed by atoms with E-state index in [0.29, 0.717) is 5.75 Å². The van der Waals surface area contributed by atoms with Gasteiger partial charge in [0.1, 0.15) is 0 Å². The molecule has 0 unspecified atom stereocenters. The molecule has 1 aromatic carbocycles. The highest BCUT2D eigenvalue weighted by atomic mass is 32.2. The summed E-state index contributed by atoms with van der Waals surface area (Å²) in [6, 6.07) is 5.98. The van der Waals surface area contributed by atoms with E-state index < -0.39 is 0 Å². The van der Waals surface area contributed by atoms with Crippen molar-refractivity contribution in [3.63, 3.8) is 0 Å². The van der Waals surface area contributed by atoms with Gasteiger partial charge in [-0.2, -0.15) is 11.8 Å². The van der Waals surface area contributed by atoms with Crippen molar-refractivity contribution in [1.29, 1.82) is 0 Å². The number of rotatable bonds is 6. The zero-order valence-electron chi connectivity index (χ0n) is 14.3. The van der Waals surface area contributed by atoms with Crippen LogP contribution in [-0.4, -0.2) is 44.1 Å². The molecule has 1 aliphatic carbocycles. The maximum Gasteiger partial charge on any atom is 0.236 e. The van der Waals surface area contributed by atoms with Crippen LogP contribution in [0.4, 0.5) is 0 Å². The van der Waals surface area contributed by atoms with Crippen molar-refractivity contribution >= 4 is 23.2 Å². The van der Waals surface area contributed by atoms with Crippen molar-refractivity contribution in [1.82, 2.24) is 4.90 Å². The highest BCUT2D eigenvalue weighted by molar-refractivity contribution is 7.99. The van der Waals surface area contributed by atoms with Crippen molar-refractivity contribution < 1.29 is 14.3 Å². The summed E-state index contributed by atoms with van der Waals surface area (Å²) in [5.41, 5.74) is 3.50. The van der Waals surface area contributed by atoms with Gasteiger partial charge in [0.25, 0.3) is 0 Å². The smallest absolute Gasteiger partial charge is 0.236 e. The molecule has 0 saturated heterocycles. The lowest BCUT2D eigenvalue weighted by Gasteiger charge is -2.28. The van der Waals surface area contributed by atoms with Crippen LogP contribution < -0.4 is 9.47 Å². The lowest BCUT2D eigenvalue weighted by molar-refractivity contribution is -0.125. The molecule has 0 bridgehead atoms. The third kappa shape index (κ3) is 4.02. The molecule has 1 aromatic rings. The van der Waals surface area contributed by atoms with Crippen LogP contribution in [0.25, 0.3) is 5.57 Å². The highest BCUT2D eigenvalue weighted by Crippen LogP contribution is 2.37. The van der Waals surface area contributed by atoms with Crippen molar-refractivity contribution in [2.45, 2.75) is 25.7 Å². The molecule has 126 valence electrons. The Bertz CT molecular complexity index is 598. The van der Waals surface area contributed by atoms with Gasteiger partial charge in [0.15, 0.2) is 11.5 Å². The van der Waals surface area contributed by atoms with Gasteiger partial charge in [0, 0.05) is 12.7 Å². The van der Waals surface area contributed by atoms with Gasteiger partial charge < -0.3 is 14.4 Å². The summed E-state index contributed by atoms with van der Waals surface area (Å²) >= 11 is 1.56. The van der Waals surface area contributed by atoms with Crippen LogP contribution in [0.3, 0.4) is 0 Å². The average molecular weight is 335 g/mol. The molecule has 0 heterocycles. The van der Waals surface area contributed by atoms with Crippen LogP contribution in [0.15, 0.2) is 23.9 Å². The van der Waals surface area contributed by atoms with Crippen LogP contribution in [0.1, 0.15) is 31.2 Å². The third-order valence-electron chi connectivity index (χ3n) is 4.22. The molecule has 0 N–H and O–H groups in total. The molecule has 5 heteroatoms. The Kier molecular flexibility index (Phi) is 6.39. The Morgan fingerprint density at radius 3 is 2.52 bits per heavy atom. The molecule has 0 aliphatic heterocycles. The van der Waals surface area contributed by atoms with E-state index in [-0.39, 0.29) is 5.91 Å². The first-order valence-electron chi connectivity index (χ1n) is 7.82. The molecule has 0 fully saturated rings. The SMILES string of the molecule is COc1ccc(C2=C(N(C)C(=O)CSC)CCCC2)cc1OC. The standard InChI is InChI=1S/C18H25NO3S/c1-19(18(20)12-23-4)15-8-6-5-7-14(15)13-9-10-16(21-2)17(11-13)22-3/h9-11H,5-8,12H2,1-4H3. The fourth-order valence-corrected chi connectivity index (χ4v) is 3.41. The van der Waals surface area contributed by atoms with Crippen LogP contribution in [0, 0.1) is 0 Å². The van der Waals surface area contributed by atoms with Gasteiger partial charge in [-0.1, -0.05) is 6.07 Å². The average Bonchev–Trinajstić information content (AvgIpc) is 2.60. The maximum atomic E-state index is 12.3. The van der Waals surface area contributed by atoms with Gasteiger partial charge in [0.2, 0.25) is 5.91 Å². The number of nitrogens with zero attached hydrogens (tertiary/aromatic N) is 1. The number of methoxy groups -OCH3 is 2. The highest BCUT2D eigenvalue weighted by Gasteiger charge is 2.22.